The zero-order valence-corrected chi connectivity index (χ0v) is 19.9. The van der Waals surface area contributed by atoms with E-state index in [1.165, 1.54) is 26.4 Å². The number of nitrogens with one attached hydrogen (secondary N) is 1. The van der Waals surface area contributed by atoms with Crippen molar-refractivity contribution in [3.8, 4) is 11.5 Å². The van der Waals surface area contributed by atoms with Crippen LogP contribution in [-0.2, 0) is 26.5 Å². The SMILES string of the molecule is COC[C@@H](C)n1c(NS(=O)(=O)[C@@H](C)[C@H](OC)c2ncc(Cl)cn2)nnc1-c1ccn(C)n1. The highest BCUT2D eigenvalue weighted by Gasteiger charge is 2.34. The Morgan fingerprint density at radius 1 is 1.19 bits per heavy atom. The van der Waals surface area contributed by atoms with Crippen LogP contribution in [0, 0.1) is 0 Å². The fourth-order valence-corrected chi connectivity index (χ4v) is 4.40. The molecule has 3 heterocycles. The summed E-state index contributed by atoms with van der Waals surface area (Å²) in [5, 5.41) is 11.9. The zero-order valence-electron chi connectivity index (χ0n) is 18.3. The molecule has 0 fully saturated rings. The molecule has 0 radical (unpaired) electrons. The van der Waals surface area contributed by atoms with E-state index in [1.807, 2.05) is 6.92 Å². The highest BCUT2D eigenvalue weighted by atomic mass is 35.5. The van der Waals surface area contributed by atoms with Gasteiger partial charge in [-0.2, -0.15) is 5.10 Å². The van der Waals surface area contributed by atoms with Crippen LogP contribution in [0.2, 0.25) is 5.02 Å². The minimum absolute atomic E-state index is 0.0360. The lowest BCUT2D eigenvalue weighted by atomic mass is 10.2. The lowest BCUT2D eigenvalue weighted by Crippen LogP contribution is -2.34. The zero-order chi connectivity index (χ0) is 23.5. The van der Waals surface area contributed by atoms with Gasteiger partial charge in [0.2, 0.25) is 16.0 Å². The number of rotatable bonds is 10. The molecule has 14 heteroatoms. The number of anilines is 1. The number of ether oxygens (including phenoxy) is 2. The van der Waals surface area contributed by atoms with E-state index in [2.05, 4.69) is 30.0 Å². The first-order valence-corrected chi connectivity index (χ1v) is 11.6. The summed E-state index contributed by atoms with van der Waals surface area (Å²) in [5.41, 5.74) is 0.547. The molecule has 3 aromatic heterocycles. The van der Waals surface area contributed by atoms with Crippen LogP contribution >= 0.6 is 11.6 Å². The van der Waals surface area contributed by atoms with Gasteiger partial charge >= 0.3 is 0 Å². The smallest absolute Gasteiger partial charge is 0.240 e. The Kier molecular flexibility index (Phi) is 7.44. The Bertz CT molecular complexity index is 1150. The second kappa shape index (κ2) is 9.90. The number of aromatic nitrogens is 7. The Morgan fingerprint density at radius 3 is 2.44 bits per heavy atom. The predicted molar refractivity (Wildman–Crippen MR) is 118 cm³/mol. The number of aryl methyl sites for hydroxylation is 1. The van der Waals surface area contributed by atoms with Crippen molar-refractivity contribution in [2.24, 2.45) is 7.05 Å². The standard InChI is InChI=1S/C18H25ClN8O4S/c1-11(10-30-4)27-17(14-6-7-26(3)24-14)22-23-18(27)25-32(28,29)12(2)15(31-5)16-20-8-13(19)9-21-16/h6-9,11-12,15H,10H2,1-5H3,(H,23,25)/t11-,12+,15+/m1/s1. The Labute approximate surface area is 191 Å². The molecule has 0 aliphatic rings. The molecule has 0 saturated carbocycles. The Morgan fingerprint density at radius 2 is 1.88 bits per heavy atom. The number of hydrogen-bond acceptors (Lipinski definition) is 9. The fourth-order valence-electron chi connectivity index (χ4n) is 3.16. The van der Waals surface area contributed by atoms with E-state index in [4.69, 9.17) is 21.1 Å². The lowest BCUT2D eigenvalue weighted by molar-refractivity contribution is 0.0950. The van der Waals surface area contributed by atoms with Gasteiger partial charge in [0.1, 0.15) is 17.0 Å². The number of hydrogen-bond donors (Lipinski definition) is 1. The van der Waals surface area contributed by atoms with Crippen molar-refractivity contribution in [3.63, 3.8) is 0 Å². The molecule has 32 heavy (non-hydrogen) atoms. The van der Waals surface area contributed by atoms with E-state index in [0.29, 0.717) is 23.1 Å². The third-order valence-electron chi connectivity index (χ3n) is 4.79. The molecule has 174 valence electrons. The van der Waals surface area contributed by atoms with Crippen LogP contribution in [0.25, 0.3) is 11.5 Å². The van der Waals surface area contributed by atoms with Crippen molar-refractivity contribution in [2.75, 3.05) is 25.5 Å². The molecule has 1 N–H and O–H groups in total. The van der Waals surface area contributed by atoms with Crippen molar-refractivity contribution in [1.29, 1.82) is 0 Å². The van der Waals surface area contributed by atoms with E-state index >= 15 is 0 Å². The quantitative estimate of drug-likeness (QED) is 0.456. The van der Waals surface area contributed by atoms with E-state index in [-0.39, 0.29) is 17.8 Å². The highest BCUT2D eigenvalue weighted by molar-refractivity contribution is 7.93. The molecule has 3 rings (SSSR count). The van der Waals surface area contributed by atoms with Gasteiger partial charge < -0.3 is 9.47 Å². The second-order valence-corrected chi connectivity index (χ2v) is 9.64. The monoisotopic (exact) mass is 484 g/mol. The van der Waals surface area contributed by atoms with Crippen molar-refractivity contribution >= 4 is 27.6 Å². The summed E-state index contributed by atoms with van der Waals surface area (Å²) >= 11 is 5.83. The van der Waals surface area contributed by atoms with Crippen molar-refractivity contribution in [3.05, 3.63) is 35.5 Å². The van der Waals surface area contributed by atoms with Gasteiger partial charge in [-0.1, -0.05) is 11.6 Å². The van der Waals surface area contributed by atoms with Crippen LogP contribution in [0.1, 0.15) is 31.8 Å². The van der Waals surface area contributed by atoms with Crippen LogP contribution in [-0.4, -0.2) is 69.0 Å². The molecule has 0 spiro atoms. The van der Waals surface area contributed by atoms with E-state index in [0.717, 1.165) is 0 Å². The molecule has 0 aliphatic carbocycles. The highest BCUT2D eigenvalue weighted by Crippen LogP contribution is 2.28. The number of sulfonamides is 1. The summed E-state index contributed by atoms with van der Waals surface area (Å²) in [6.07, 6.45) is 3.58. The van der Waals surface area contributed by atoms with Gasteiger partial charge in [-0.3, -0.25) is 14.0 Å². The van der Waals surface area contributed by atoms with Gasteiger partial charge in [0.05, 0.1) is 17.7 Å². The first-order chi connectivity index (χ1) is 15.2. The molecule has 3 aromatic rings. The topological polar surface area (TPSA) is 139 Å². The summed E-state index contributed by atoms with van der Waals surface area (Å²) in [5.74, 6) is 0.636. The van der Waals surface area contributed by atoms with Gasteiger partial charge in [0.25, 0.3) is 0 Å². The minimum atomic E-state index is -4.00. The van der Waals surface area contributed by atoms with Gasteiger partial charge in [0, 0.05) is 39.9 Å². The van der Waals surface area contributed by atoms with E-state index in [1.54, 1.807) is 35.7 Å². The molecule has 0 amide bonds. The average Bonchev–Trinajstić information content (AvgIpc) is 3.35. The first kappa shape index (κ1) is 24.0. The maximum atomic E-state index is 13.2. The maximum absolute atomic E-state index is 13.2. The van der Waals surface area contributed by atoms with Crippen LogP contribution in [0.3, 0.4) is 0 Å². The molecule has 12 nitrogen and oxygen atoms in total. The van der Waals surface area contributed by atoms with E-state index < -0.39 is 21.4 Å². The van der Waals surface area contributed by atoms with Crippen LogP contribution < -0.4 is 4.72 Å². The number of halogens is 1. The van der Waals surface area contributed by atoms with Crippen molar-refractivity contribution < 1.29 is 17.9 Å². The van der Waals surface area contributed by atoms with Gasteiger partial charge in [0.15, 0.2) is 11.6 Å². The summed E-state index contributed by atoms with van der Waals surface area (Å²) in [6.45, 7) is 3.66. The third kappa shape index (κ3) is 5.06. The molecular weight excluding hydrogens is 460 g/mol. The summed E-state index contributed by atoms with van der Waals surface area (Å²) in [7, 11) is 0.724. The maximum Gasteiger partial charge on any atom is 0.240 e. The second-order valence-electron chi connectivity index (χ2n) is 7.16. The molecule has 0 aliphatic heterocycles. The molecule has 3 atom stereocenters. The Balaban J connectivity index is 1.95. The van der Waals surface area contributed by atoms with Crippen molar-refractivity contribution in [2.45, 2.75) is 31.2 Å². The summed E-state index contributed by atoms with van der Waals surface area (Å²) < 4.78 is 42.9. The molecular formula is C18H25ClN8O4S. The van der Waals surface area contributed by atoms with Crippen molar-refractivity contribution in [1.82, 2.24) is 34.5 Å². The average molecular weight is 485 g/mol. The Hall–Kier alpha value is -2.61. The van der Waals surface area contributed by atoms with Crippen LogP contribution in [0.5, 0.6) is 0 Å². The normalized spacial score (nSPS) is 14.8. The third-order valence-corrected chi connectivity index (χ3v) is 6.67. The molecule has 0 unspecified atom stereocenters. The summed E-state index contributed by atoms with van der Waals surface area (Å²) in [4.78, 5) is 8.17. The predicted octanol–water partition coefficient (Wildman–Crippen LogP) is 1.85. The van der Waals surface area contributed by atoms with E-state index in [9.17, 15) is 8.42 Å². The van der Waals surface area contributed by atoms with Gasteiger partial charge in [-0.05, 0) is 19.9 Å². The summed E-state index contributed by atoms with van der Waals surface area (Å²) in [6, 6.07) is 1.48. The lowest BCUT2D eigenvalue weighted by Gasteiger charge is -2.23. The van der Waals surface area contributed by atoms with Crippen LogP contribution in [0.4, 0.5) is 5.95 Å². The van der Waals surface area contributed by atoms with Gasteiger partial charge in [-0.15, -0.1) is 10.2 Å². The minimum Gasteiger partial charge on any atom is -0.383 e. The fraction of sp³-hybridized carbons (Fsp3) is 0.500. The van der Waals surface area contributed by atoms with Gasteiger partial charge in [-0.25, -0.2) is 18.4 Å². The number of methoxy groups -OCH3 is 2. The largest absolute Gasteiger partial charge is 0.383 e. The molecule has 0 bridgehead atoms. The molecule has 0 aromatic carbocycles. The van der Waals surface area contributed by atoms with Crippen LogP contribution in [0.15, 0.2) is 24.7 Å². The first-order valence-electron chi connectivity index (χ1n) is 9.63. The number of nitrogens with zero attached hydrogens (tertiary/aromatic N) is 7. The molecule has 0 saturated heterocycles.